The van der Waals surface area contributed by atoms with Crippen LogP contribution in [0.2, 0.25) is 0 Å². The highest BCUT2D eigenvalue weighted by Crippen LogP contribution is 2.22. The predicted octanol–water partition coefficient (Wildman–Crippen LogP) is 2.62. The number of alkyl halides is 1. The molecule has 1 aromatic carbocycles. The average Bonchev–Trinajstić information content (AvgIpc) is 2.17. The van der Waals surface area contributed by atoms with Crippen LogP contribution in [0.15, 0.2) is 18.2 Å². The third-order valence-electron chi connectivity index (χ3n) is 2.03. The normalized spacial score (nSPS) is 11.7. The second-order valence-corrected chi connectivity index (χ2v) is 2.97. The molecule has 1 atom stereocenters. The van der Waals surface area contributed by atoms with Gasteiger partial charge in [-0.15, -0.1) is 12.4 Å². The second kappa shape index (κ2) is 6.58. The van der Waals surface area contributed by atoms with E-state index in [4.69, 9.17) is 10.5 Å². The molecule has 0 bridgehead atoms. The number of benzene rings is 1. The fourth-order valence-electron chi connectivity index (χ4n) is 1.21. The lowest BCUT2D eigenvalue weighted by Crippen LogP contribution is -2.12. The van der Waals surface area contributed by atoms with Gasteiger partial charge in [0, 0.05) is 17.7 Å². The lowest BCUT2D eigenvalue weighted by molar-refractivity contribution is 0.408. The van der Waals surface area contributed by atoms with E-state index in [2.05, 4.69) is 0 Å². The van der Waals surface area contributed by atoms with Crippen LogP contribution in [0.5, 0.6) is 5.75 Å². The van der Waals surface area contributed by atoms with E-state index in [9.17, 15) is 8.78 Å². The quantitative estimate of drug-likeness (QED) is 0.874. The van der Waals surface area contributed by atoms with Crippen molar-refractivity contribution in [3.05, 3.63) is 29.6 Å². The zero-order chi connectivity index (χ0) is 10.6. The van der Waals surface area contributed by atoms with Crippen LogP contribution in [0, 0.1) is 5.82 Å². The van der Waals surface area contributed by atoms with E-state index in [1.807, 2.05) is 0 Å². The van der Waals surface area contributed by atoms with Crippen molar-refractivity contribution in [1.82, 2.24) is 0 Å². The fourth-order valence-corrected chi connectivity index (χ4v) is 1.21. The molecule has 0 aliphatic rings. The standard InChI is InChI=1S/C10H13F2NO.ClH/c1-14-7-2-3-8(9(12)6-7)10(13)4-5-11;/h2-3,6,10H,4-5,13H2,1H3;1H/t10-;/m1./s1. The van der Waals surface area contributed by atoms with Gasteiger partial charge in [0.05, 0.1) is 13.8 Å². The molecule has 1 aromatic rings. The molecule has 0 aliphatic carbocycles. The summed E-state index contributed by atoms with van der Waals surface area (Å²) in [5.74, 6) is -0.0241. The van der Waals surface area contributed by atoms with Crippen molar-refractivity contribution in [1.29, 1.82) is 0 Å². The Morgan fingerprint density at radius 2 is 2.13 bits per heavy atom. The molecule has 0 saturated heterocycles. The molecule has 1 rings (SSSR count). The summed E-state index contributed by atoms with van der Waals surface area (Å²) in [7, 11) is 1.45. The third kappa shape index (κ3) is 3.64. The molecule has 0 saturated carbocycles. The summed E-state index contributed by atoms with van der Waals surface area (Å²) in [4.78, 5) is 0. The first-order chi connectivity index (χ1) is 6.69. The van der Waals surface area contributed by atoms with Crippen molar-refractivity contribution in [2.75, 3.05) is 13.8 Å². The Bertz CT molecular complexity index is 309. The van der Waals surface area contributed by atoms with Gasteiger partial charge < -0.3 is 10.5 Å². The smallest absolute Gasteiger partial charge is 0.131 e. The van der Waals surface area contributed by atoms with Crippen molar-refractivity contribution < 1.29 is 13.5 Å². The Morgan fingerprint density at radius 1 is 1.47 bits per heavy atom. The average molecular weight is 238 g/mol. The van der Waals surface area contributed by atoms with Gasteiger partial charge in [-0.3, -0.25) is 4.39 Å². The molecule has 5 heteroatoms. The minimum absolute atomic E-state index is 0. The number of rotatable bonds is 4. The zero-order valence-electron chi connectivity index (χ0n) is 8.37. The van der Waals surface area contributed by atoms with Crippen LogP contribution in [0.1, 0.15) is 18.0 Å². The van der Waals surface area contributed by atoms with Crippen LogP contribution in [-0.4, -0.2) is 13.8 Å². The molecule has 0 aliphatic heterocycles. The van der Waals surface area contributed by atoms with E-state index < -0.39 is 18.5 Å². The van der Waals surface area contributed by atoms with E-state index in [1.54, 1.807) is 6.07 Å². The minimum Gasteiger partial charge on any atom is -0.497 e. The molecule has 2 nitrogen and oxygen atoms in total. The number of halogens is 3. The molecule has 0 aromatic heterocycles. The number of hydrogen-bond acceptors (Lipinski definition) is 2. The molecule has 0 spiro atoms. The van der Waals surface area contributed by atoms with Crippen molar-refractivity contribution >= 4 is 12.4 Å². The van der Waals surface area contributed by atoms with Gasteiger partial charge in [0.2, 0.25) is 0 Å². The van der Waals surface area contributed by atoms with E-state index >= 15 is 0 Å². The van der Waals surface area contributed by atoms with Crippen LogP contribution in [0.3, 0.4) is 0 Å². The van der Waals surface area contributed by atoms with Crippen LogP contribution >= 0.6 is 12.4 Å². The number of methoxy groups -OCH3 is 1. The van der Waals surface area contributed by atoms with Crippen molar-refractivity contribution in [2.24, 2.45) is 5.73 Å². The van der Waals surface area contributed by atoms with Gasteiger partial charge >= 0.3 is 0 Å². The summed E-state index contributed by atoms with van der Waals surface area (Å²) in [6, 6.07) is 3.78. The van der Waals surface area contributed by atoms with Crippen LogP contribution in [-0.2, 0) is 0 Å². The maximum Gasteiger partial charge on any atom is 0.131 e. The van der Waals surface area contributed by atoms with Crippen molar-refractivity contribution in [3.63, 3.8) is 0 Å². The Kier molecular flexibility index (Phi) is 6.20. The molecule has 0 radical (unpaired) electrons. The molecule has 86 valence electrons. The highest BCUT2D eigenvalue weighted by Gasteiger charge is 2.11. The first-order valence-corrected chi connectivity index (χ1v) is 4.34. The summed E-state index contributed by atoms with van der Waals surface area (Å²) in [5, 5.41) is 0. The van der Waals surface area contributed by atoms with Crippen LogP contribution < -0.4 is 10.5 Å². The first-order valence-electron chi connectivity index (χ1n) is 4.34. The van der Waals surface area contributed by atoms with Crippen LogP contribution in [0.25, 0.3) is 0 Å². The maximum absolute atomic E-state index is 13.3. The number of nitrogens with two attached hydrogens (primary N) is 1. The van der Waals surface area contributed by atoms with Gasteiger partial charge in [-0.1, -0.05) is 6.07 Å². The third-order valence-corrected chi connectivity index (χ3v) is 2.03. The van der Waals surface area contributed by atoms with Gasteiger partial charge in [0.15, 0.2) is 0 Å². The Hall–Kier alpha value is -0.870. The van der Waals surface area contributed by atoms with Gasteiger partial charge in [-0.05, 0) is 12.5 Å². The van der Waals surface area contributed by atoms with Gasteiger partial charge in [0.1, 0.15) is 11.6 Å². The van der Waals surface area contributed by atoms with E-state index in [0.717, 1.165) is 0 Å². The van der Waals surface area contributed by atoms with E-state index in [0.29, 0.717) is 11.3 Å². The van der Waals surface area contributed by atoms with Crippen LogP contribution in [0.4, 0.5) is 8.78 Å². The molecule has 0 unspecified atom stereocenters. The lowest BCUT2D eigenvalue weighted by atomic mass is 10.0. The van der Waals surface area contributed by atoms with Crippen molar-refractivity contribution in [2.45, 2.75) is 12.5 Å². The summed E-state index contributed by atoms with van der Waals surface area (Å²) in [6.45, 7) is -0.549. The topological polar surface area (TPSA) is 35.2 Å². The molecule has 0 fully saturated rings. The zero-order valence-corrected chi connectivity index (χ0v) is 9.19. The Labute approximate surface area is 93.8 Å². The minimum atomic E-state index is -0.592. The summed E-state index contributed by atoms with van der Waals surface area (Å²) in [6.07, 6.45) is 0.128. The van der Waals surface area contributed by atoms with Gasteiger partial charge in [-0.25, -0.2) is 4.39 Å². The Balaban J connectivity index is 0.00000196. The molecule has 15 heavy (non-hydrogen) atoms. The number of hydrogen-bond donors (Lipinski definition) is 1. The maximum atomic E-state index is 13.3. The van der Waals surface area contributed by atoms with E-state index in [1.165, 1.54) is 19.2 Å². The summed E-state index contributed by atoms with van der Waals surface area (Å²) in [5.41, 5.74) is 5.90. The molecular formula is C10H14ClF2NO. The molecule has 0 heterocycles. The van der Waals surface area contributed by atoms with Crippen molar-refractivity contribution in [3.8, 4) is 5.75 Å². The molecular weight excluding hydrogens is 224 g/mol. The highest BCUT2D eigenvalue weighted by atomic mass is 35.5. The largest absolute Gasteiger partial charge is 0.497 e. The summed E-state index contributed by atoms with van der Waals surface area (Å²) < 4.78 is 30.1. The monoisotopic (exact) mass is 237 g/mol. The number of ether oxygens (including phenoxy) is 1. The molecule has 2 N–H and O–H groups in total. The highest BCUT2D eigenvalue weighted by molar-refractivity contribution is 5.85. The Morgan fingerprint density at radius 3 is 2.60 bits per heavy atom. The summed E-state index contributed by atoms with van der Waals surface area (Å²) >= 11 is 0. The first kappa shape index (κ1) is 14.1. The van der Waals surface area contributed by atoms with Gasteiger partial charge in [-0.2, -0.15) is 0 Å². The van der Waals surface area contributed by atoms with Gasteiger partial charge in [0.25, 0.3) is 0 Å². The van der Waals surface area contributed by atoms with E-state index in [-0.39, 0.29) is 18.8 Å². The fraction of sp³-hybridized carbons (Fsp3) is 0.400. The molecule has 0 amide bonds. The SMILES string of the molecule is COc1ccc([C@H](N)CCF)c(F)c1.Cl. The lowest BCUT2D eigenvalue weighted by Gasteiger charge is -2.11. The second-order valence-electron chi connectivity index (χ2n) is 2.97. The predicted molar refractivity (Wildman–Crippen MR) is 57.7 cm³/mol.